The zero-order chi connectivity index (χ0) is 9.64. The van der Waals surface area contributed by atoms with Crippen LogP contribution in [0.25, 0.3) is 0 Å². The lowest BCUT2D eigenvalue weighted by Crippen LogP contribution is -2.38. The molecule has 0 aromatic rings. The fourth-order valence-electron chi connectivity index (χ4n) is 1.94. The molecule has 0 aliphatic carbocycles. The third-order valence-corrected chi connectivity index (χ3v) is 2.88. The molecular weight excluding hydrogens is 251 g/mol. The number of rotatable bonds is 4. The molecular formula is C10H22Cl2N2O2. The molecule has 0 bridgehead atoms. The third-order valence-electron chi connectivity index (χ3n) is 2.88. The molecule has 98 valence electrons. The van der Waals surface area contributed by atoms with Gasteiger partial charge in [0.25, 0.3) is 0 Å². The van der Waals surface area contributed by atoms with Gasteiger partial charge in [0.15, 0.2) is 0 Å². The van der Waals surface area contributed by atoms with Crippen LogP contribution in [-0.4, -0.2) is 63.5 Å². The van der Waals surface area contributed by atoms with E-state index in [-0.39, 0.29) is 24.8 Å². The monoisotopic (exact) mass is 272 g/mol. The number of morpholine rings is 1. The van der Waals surface area contributed by atoms with E-state index in [2.05, 4.69) is 10.2 Å². The van der Waals surface area contributed by atoms with Gasteiger partial charge in [-0.3, -0.25) is 4.90 Å². The summed E-state index contributed by atoms with van der Waals surface area (Å²) >= 11 is 0. The molecule has 0 spiro atoms. The summed E-state index contributed by atoms with van der Waals surface area (Å²) in [7, 11) is 0. The van der Waals surface area contributed by atoms with E-state index in [4.69, 9.17) is 9.47 Å². The number of nitrogens with one attached hydrogen (secondary N) is 1. The molecule has 0 radical (unpaired) electrons. The number of nitrogens with zero attached hydrogens (tertiary/aromatic N) is 1. The Labute approximate surface area is 110 Å². The smallest absolute Gasteiger partial charge is 0.0712 e. The van der Waals surface area contributed by atoms with Crippen molar-refractivity contribution in [3.63, 3.8) is 0 Å². The molecule has 0 aromatic heterocycles. The summed E-state index contributed by atoms with van der Waals surface area (Å²) in [5.74, 6) is 0. The van der Waals surface area contributed by atoms with Crippen LogP contribution in [0.1, 0.15) is 6.42 Å². The zero-order valence-corrected chi connectivity index (χ0v) is 11.2. The van der Waals surface area contributed by atoms with Crippen LogP contribution in [0.2, 0.25) is 0 Å². The summed E-state index contributed by atoms with van der Waals surface area (Å²) in [4.78, 5) is 2.41. The quantitative estimate of drug-likeness (QED) is 0.810. The van der Waals surface area contributed by atoms with Crippen LogP contribution in [-0.2, 0) is 9.47 Å². The van der Waals surface area contributed by atoms with Crippen LogP contribution in [0.4, 0.5) is 0 Å². The van der Waals surface area contributed by atoms with Crippen LogP contribution in [0.5, 0.6) is 0 Å². The first-order chi connectivity index (χ1) is 6.95. The van der Waals surface area contributed by atoms with Gasteiger partial charge in [-0.1, -0.05) is 0 Å². The normalized spacial score (nSPS) is 25.9. The SMILES string of the molecule is C1CC(OCCN2CCOCC2)CN1.Cl.Cl. The second-order valence-electron chi connectivity index (χ2n) is 3.94. The average molecular weight is 273 g/mol. The van der Waals surface area contributed by atoms with E-state index in [9.17, 15) is 0 Å². The minimum Gasteiger partial charge on any atom is -0.379 e. The van der Waals surface area contributed by atoms with E-state index in [1.165, 1.54) is 6.42 Å². The summed E-state index contributed by atoms with van der Waals surface area (Å²) in [5.41, 5.74) is 0. The topological polar surface area (TPSA) is 33.7 Å². The lowest BCUT2D eigenvalue weighted by molar-refractivity contribution is 0.00638. The van der Waals surface area contributed by atoms with Gasteiger partial charge in [0, 0.05) is 26.2 Å². The molecule has 2 heterocycles. The first kappa shape index (κ1) is 16.4. The summed E-state index contributed by atoms with van der Waals surface area (Å²) in [5, 5.41) is 3.30. The standard InChI is InChI=1S/C10H20N2O2.2ClH/c1-2-11-9-10(1)14-8-5-12-3-6-13-7-4-12;;/h10-11H,1-9H2;2*1H. The largest absolute Gasteiger partial charge is 0.379 e. The fourth-order valence-corrected chi connectivity index (χ4v) is 1.94. The second kappa shape index (κ2) is 9.45. The van der Waals surface area contributed by atoms with E-state index >= 15 is 0 Å². The van der Waals surface area contributed by atoms with Crippen molar-refractivity contribution in [1.29, 1.82) is 0 Å². The number of halogens is 2. The van der Waals surface area contributed by atoms with Gasteiger partial charge in [0.05, 0.1) is 25.9 Å². The number of hydrogen-bond acceptors (Lipinski definition) is 4. The minimum atomic E-state index is 0. The van der Waals surface area contributed by atoms with Gasteiger partial charge in [0.1, 0.15) is 0 Å². The van der Waals surface area contributed by atoms with Crippen molar-refractivity contribution in [2.45, 2.75) is 12.5 Å². The Morgan fingerprint density at radius 2 is 2.00 bits per heavy atom. The van der Waals surface area contributed by atoms with Crippen LogP contribution in [0.3, 0.4) is 0 Å². The first-order valence-electron chi connectivity index (χ1n) is 5.57. The van der Waals surface area contributed by atoms with Crippen molar-refractivity contribution < 1.29 is 9.47 Å². The molecule has 0 saturated carbocycles. The van der Waals surface area contributed by atoms with Crippen molar-refractivity contribution in [1.82, 2.24) is 10.2 Å². The van der Waals surface area contributed by atoms with E-state index in [0.717, 1.165) is 52.5 Å². The van der Waals surface area contributed by atoms with Gasteiger partial charge in [0.2, 0.25) is 0 Å². The molecule has 2 rings (SSSR count). The average Bonchev–Trinajstić information content (AvgIpc) is 2.72. The summed E-state index contributed by atoms with van der Waals surface area (Å²) in [6.07, 6.45) is 1.62. The molecule has 6 heteroatoms. The zero-order valence-electron chi connectivity index (χ0n) is 9.52. The van der Waals surface area contributed by atoms with Gasteiger partial charge < -0.3 is 14.8 Å². The van der Waals surface area contributed by atoms with Gasteiger partial charge in [-0.15, -0.1) is 24.8 Å². The van der Waals surface area contributed by atoms with Crippen LogP contribution < -0.4 is 5.32 Å². The third kappa shape index (κ3) is 5.66. The lowest BCUT2D eigenvalue weighted by atomic mass is 10.3. The van der Waals surface area contributed by atoms with Crippen LogP contribution >= 0.6 is 24.8 Å². The fraction of sp³-hybridized carbons (Fsp3) is 1.00. The highest BCUT2D eigenvalue weighted by molar-refractivity contribution is 5.85. The second-order valence-corrected chi connectivity index (χ2v) is 3.94. The molecule has 2 aliphatic heterocycles. The van der Waals surface area contributed by atoms with Crippen LogP contribution in [0, 0.1) is 0 Å². The van der Waals surface area contributed by atoms with E-state index in [0.29, 0.717) is 6.10 Å². The number of hydrogen-bond donors (Lipinski definition) is 1. The maximum absolute atomic E-state index is 5.76. The Kier molecular flexibility index (Phi) is 9.70. The first-order valence-corrected chi connectivity index (χ1v) is 5.57. The van der Waals surface area contributed by atoms with Crippen molar-refractivity contribution in [2.24, 2.45) is 0 Å². The predicted octanol–water partition coefficient (Wildman–Crippen LogP) is 0.541. The van der Waals surface area contributed by atoms with E-state index in [1.54, 1.807) is 0 Å². The number of ether oxygens (including phenoxy) is 2. The van der Waals surface area contributed by atoms with Gasteiger partial charge in [-0.2, -0.15) is 0 Å². The molecule has 0 amide bonds. The Bertz CT molecular complexity index is 163. The maximum atomic E-state index is 5.76. The Balaban J connectivity index is 0.00000112. The summed E-state index contributed by atoms with van der Waals surface area (Å²) in [6.45, 7) is 7.95. The minimum absolute atomic E-state index is 0. The lowest BCUT2D eigenvalue weighted by Gasteiger charge is -2.26. The van der Waals surface area contributed by atoms with Crippen molar-refractivity contribution in [3.05, 3.63) is 0 Å². The molecule has 4 nitrogen and oxygen atoms in total. The van der Waals surface area contributed by atoms with Gasteiger partial charge >= 0.3 is 0 Å². The Morgan fingerprint density at radius 1 is 1.25 bits per heavy atom. The Hall–Kier alpha value is 0.420. The highest BCUT2D eigenvalue weighted by atomic mass is 35.5. The van der Waals surface area contributed by atoms with Crippen LogP contribution in [0.15, 0.2) is 0 Å². The summed E-state index contributed by atoms with van der Waals surface area (Å²) < 4.78 is 11.0. The molecule has 1 unspecified atom stereocenters. The van der Waals surface area contributed by atoms with Crippen molar-refractivity contribution in [3.8, 4) is 0 Å². The van der Waals surface area contributed by atoms with E-state index < -0.39 is 0 Å². The van der Waals surface area contributed by atoms with E-state index in [1.807, 2.05) is 0 Å². The molecule has 16 heavy (non-hydrogen) atoms. The molecule has 1 atom stereocenters. The Morgan fingerprint density at radius 3 is 2.62 bits per heavy atom. The van der Waals surface area contributed by atoms with Gasteiger partial charge in [-0.25, -0.2) is 0 Å². The van der Waals surface area contributed by atoms with Crippen molar-refractivity contribution in [2.75, 3.05) is 52.5 Å². The highest BCUT2D eigenvalue weighted by Crippen LogP contribution is 2.03. The molecule has 2 aliphatic rings. The van der Waals surface area contributed by atoms with Crippen molar-refractivity contribution >= 4 is 24.8 Å². The summed E-state index contributed by atoms with van der Waals surface area (Å²) in [6, 6.07) is 0. The predicted molar refractivity (Wildman–Crippen MR) is 69.0 cm³/mol. The molecule has 2 saturated heterocycles. The maximum Gasteiger partial charge on any atom is 0.0712 e. The molecule has 0 aromatic carbocycles. The molecule has 2 fully saturated rings. The molecule has 1 N–H and O–H groups in total. The van der Waals surface area contributed by atoms with Gasteiger partial charge in [-0.05, 0) is 13.0 Å². The highest BCUT2D eigenvalue weighted by Gasteiger charge is 2.15.